The van der Waals surface area contributed by atoms with Crippen molar-refractivity contribution < 1.29 is 9.47 Å². The fourth-order valence-electron chi connectivity index (χ4n) is 13.2. The van der Waals surface area contributed by atoms with Crippen molar-refractivity contribution in [2.75, 3.05) is 4.90 Å². The lowest BCUT2D eigenvalue weighted by Crippen LogP contribution is -2.63. The molecule has 0 saturated carbocycles. The molecule has 0 amide bonds. The number of anilines is 3. The number of rotatable bonds is 7. The van der Waals surface area contributed by atoms with Crippen molar-refractivity contribution in [3.8, 4) is 73.2 Å². The zero-order valence-electron chi connectivity index (χ0n) is 42.2. The van der Waals surface area contributed by atoms with E-state index in [2.05, 4.69) is 254 Å². The zero-order chi connectivity index (χ0) is 50.2. The number of nitrogens with zero attached hydrogens (tertiary/aromatic N) is 2. The molecule has 0 fully saturated rings. The first-order valence-corrected chi connectivity index (χ1v) is 26.8. The van der Waals surface area contributed by atoms with E-state index in [1.165, 1.54) is 93.8 Å². The standard InChI is InChI=1S/C70H48B2N2O2/c1-3-43-25-35-62-57(37-43)71-56-41-51(47-21-13-7-14-22-47)30-34-61(56)73(53-31-27-49(28-32-53)45-17-9-5-10-18-45)67-64(71)70(76-62)68-65-69(67)75-63-36-26-44(4-2)38-58(63)72(65)59-42-52(48-23-15-8-16-24-48)40-55-54-39-50(46-19-11-6-12-20-46)29-33-60(54)74(68)66(55)59/h5-42H,3-4H2,1-2H3. The Hall–Kier alpha value is -9.25. The van der Waals surface area contributed by atoms with Gasteiger partial charge in [0.15, 0.2) is 0 Å². The highest BCUT2D eigenvalue weighted by atomic mass is 16.5. The maximum Gasteiger partial charge on any atom is 0.256 e. The van der Waals surface area contributed by atoms with Gasteiger partial charge in [-0.1, -0.05) is 196 Å². The number of benzene rings is 11. The molecule has 0 spiro atoms. The second kappa shape index (κ2) is 16.6. The van der Waals surface area contributed by atoms with E-state index in [1.807, 2.05) is 0 Å². The van der Waals surface area contributed by atoms with Crippen molar-refractivity contribution in [2.45, 2.75) is 26.7 Å². The van der Waals surface area contributed by atoms with Crippen LogP contribution in [0.4, 0.5) is 17.1 Å². The highest BCUT2D eigenvalue weighted by Crippen LogP contribution is 2.52. The second-order valence-corrected chi connectivity index (χ2v) is 20.9. The Balaban J connectivity index is 1.07. The molecule has 0 atom stereocenters. The van der Waals surface area contributed by atoms with Crippen LogP contribution in [0.2, 0.25) is 0 Å². The van der Waals surface area contributed by atoms with Crippen LogP contribution in [-0.2, 0) is 12.8 Å². The lowest BCUT2D eigenvalue weighted by atomic mass is 9.31. The first kappa shape index (κ1) is 43.2. The molecule has 0 N–H and O–H groups in total. The van der Waals surface area contributed by atoms with Gasteiger partial charge in [0.05, 0.1) is 16.9 Å². The van der Waals surface area contributed by atoms with Crippen LogP contribution in [0.1, 0.15) is 25.0 Å². The van der Waals surface area contributed by atoms with Crippen LogP contribution < -0.4 is 47.2 Å². The molecule has 76 heavy (non-hydrogen) atoms. The first-order chi connectivity index (χ1) is 37.6. The predicted octanol–water partition coefficient (Wildman–Crippen LogP) is 13.9. The van der Waals surface area contributed by atoms with E-state index < -0.39 is 0 Å². The van der Waals surface area contributed by atoms with E-state index in [1.54, 1.807) is 0 Å². The maximum atomic E-state index is 7.77. The Morgan fingerprint density at radius 3 is 1.42 bits per heavy atom. The molecule has 4 aliphatic rings. The molecule has 6 heteroatoms. The molecule has 1 aromatic heterocycles. The molecule has 0 saturated heterocycles. The van der Waals surface area contributed by atoms with Crippen LogP contribution in [0.5, 0.6) is 23.0 Å². The Bertz CT molecular complexity index is 4360. The average Bonchev–Trinajstić information content (AvgIpc) is 4.01. The van der Waals surface area contributed by atoms with Crippen molar-refractivity contribution in [1.82, 2.24) is 4.57 Å². The van der Waals surface area contributed by atoms with Gasteiger partial charge in [-0.25, -0.2) is 0 Å². The molecule has 0 bridgehead atoms. The second-order valence-electron chi connectivity index (χ2n) is 20.9. The van der Waals surface area contributed by atoms with E-state index in [9.17, 15) is 0 Å². The number of aryl methyl sites for hydroxylation is 2. The topological polar surface area (TPSA) is 26.6 Å². The van der Waals surface area contributed by atoms with Gasteiger partial charge in [-0.05, 0) is 139 Å². The van der Waals surface area contributed by atoms with Crippen LogP contribution in [-0.4, -0.2) is 18.0 Å². The summed E-state index contributed by atoms with van der Waals surface area (Å²) < 4.78 is 18.1. The lowest BCUT2D eigenvalue weighted by molar-refractivity contribution is 0.474. The molecule has 16 rings (SSSR count). The summed E-state index contributed by atoms with van der Waals surface area (Å²) in [4.78, 5) is 2.50. The minimum Gasteiger partial charge on any atom is -0.456 e. The van der Waals surface area contributed by atoms with Gasteiger partial charge in [0.1, 0.15) is 23.0 Å². The van der Waals surface area contributed by atoms with Gasteiger partial charge in [-0.15, -0.1) is 0 Å². The van der Waals surface area contributed by atoms with Gasteiger partial charge in [-0.3, -0.25) is 0 Å². The minimum absolute atomic E-state index is 0.185. The number of ether oxygens (including phenoxy) is 2. The smallest absolute Gasteiger partial charge is 0.256 e. The van der Waals surface area contributed by atoms with E-state index in [0.29, 0.717) is 0 Å². The van der Waals surface area contributed by atoms with Crippen molar-refractivity contribution in [2.24, 2.45) is 0 Å². The van der Waals surface area contributed by atoms with Crippen molar-refractivity contribution >= 4 is 85.1 Å². The van der Waals surface area contributed by atoms with Crippen molar-refractivity contribution in [1.29, 1.82) is 0 Å². The third-order valence-corrected chi connectivity index (χ3v) is 16.8. The van der Waals surface area contributed by atoms with E-state index in [4.69, 9.17) is 9.47 Å². The Kier molecular flexibility index (Phi) is 9.45. The molecular weight excluding hydrogens is 922 g/mol. The fraction of sp³-hybridized carbons (Fsp3) is 0.0571. The van der Waals surface area contributed by atoms with Crippen LogP contribution >= 0.6 is 0 Å². The number of aromatic nitrogens is 1. The van der Waals surface area contributed by atoms with E-state index in [0.717, 1.165) is 75.0 Å². The summed E-state index contributed by atoms with van der Waals surface area (Å²) in [6.07, 6.45) is 1.82. The van der Waals surface area contributed by atoms with Crippen LogP contribution in [0.15, 0.2) is 231 Å². The summed E-state index contributed by atoms with van der Waals surface area (Å²) >= 11 is 0. The normalized spacial score (nSPS) is 13.1. The van der Waals surface area contributed by atoms with Crippen molar-refractivity contribution in [3.63, 3.8) is 0 Å². The van der Waals surface area contributed by atoms with Crippen molar-refractivity contribution in [3.05, 3.63) is 242 Å². The summed E-state index contributed by atoms with van der Waals surface area (Å²) in [5.41, 5.74) is 25.7. The molecule has 12 aromatic rings. The summed E-state index contributed by atoms with van der Waals surface area (Å²) in [5.74, 6) is 3.53. The first-order valence-electron chi connectivity index (χ1n) is 26.8. The summed E-state index contributed by atoms with van der Waals surface area (Å²) in [6, 6.07) is 85.2. The van der Waals surface area contributed by atoms with Crippen LogP contribution in [0, 0.1) is 0 Å². The maximum absolute atomic E-state index is 7.77. The minimum atomic E-state index is -0.187. The average molecular weight is 971 g/mol. The molecule has 4 aliphatic heterocycles. The van der Waals surface area contributed by atoms with Gasteiger partial charge in [0.25, 0.3) is 13.4 Å². The number of hydrogen-bond donors (Lipinski definition) is 0. The van der Waals surface area contributed by atoms with Gasteiger partial charge in [0, 0.05) is 38.6 Å². The third kappa shape index (κ3) is 6.28. The summed E-state index contributed by atoms with van der Waals surface area (Å²) in [6.45, 7) is 4.12. The molecule has 0 radical (unpaired) electrons. The third-order valence-electron chi connectivity index (χ3n) is 16.8. The fourth-order valence-corrected chi connectivity index (χ4v) is 13.2. The van der Waals surface area contributed by atoms with E-state index in [-0.39, 0.29) is 13.4 Å². The van der Waals surface area contributed by atoms with Gasteiger partial charge >= 0.3 is 0 Å². The highest BCUT2D eigenvalue weighted by Gasteiger charge is 2.51. The molecule has 0 unspecified atom stereocenters. The Morgan fingerprint density at radius 2 is 0.829 bits per heavy atom. The predicted molar refractivity (Wildman–Crippen MR) is 318 cm³/mol. The molecular formula is C70H48B2N2O2. The molecule has 4 nitrogen and oxygen atoms in total. The van der Waals surface area contributed by atoms with Gasteiger partial charge in [-0.2, -0.15) is 0 Å². The van der Waals surface area contributed by atoms with Crippen LogP contribution in [0.3, 0.4) is 0 Å². The zero-order valence-corrected chi connectivity index (χ0v) is 42.2. The van der Waals surface area contributed by atoms with E-state index >= 15 is 0 Å². The number of hydrogen-bond acceptors (Lipinski definition) is 3. The molecule has 0 aliphatic carbocycles. The SMILES string of the molecule is CCc1ccc2c(c1)B1c3cc(-c4ccccc4)ccc3N(c3ccc(-c4ccccc4)cc3)c3c4c5c(c(c31)O2)-n1c2ccc(-c3ccccc3)cc2c2cc(-c3ccccc3)cc(c21)B5c1cc(CC)ccc1O4. The number of fused-ring (bicyclic) bond motifs is 13. The Morgan fingerprint density at radius 1 is 0.368 bits per heavy atom. The molecule has 11 aromatic carbocycles. The monoisotopic (exact) mass is 970 g/mol. The highest BCUT2D eigenvalue weighted by molar-refractivity contribution is 7.02. The Labute approximate surface area is 443 Å². The van der Waals surface area contributed by atoms with Crippen LogP contribution in [0.25, 0.3) is 72.0 Å². The quantitative estimate of drug-likeness (QED) is 0.149. The molecule has 356 valence electrons. The summed E-state index contributed by atoms with van der Waals surface area (Å²) in [5, 5.41) is 2.42. The van der Waals surface area contributed by atoms with Gasteiger partial charge < -0.3 is 18.9 Å². The molecule has 5 heterocycles. The lowest BCUT2D eigenvalue weighted by Gasteiger charge is -2.45. The van der Waals surface area contributed by atoms with Gasteiger partial charge in [0.2, 0.25) is 0 Å². The largest absolute Gasteiger partial charge is 0.456 e. The summed E-state index contributed by atoms with van der Waals surface area (Å²) in [7, 11) is 0.